The van der Waals surface area contributed by atoms with Crippen molar-refractivity contribution in [1.82, 2.24) is 4.98 Å². The van der Waals surface area contributed by atoms with Crippen LogP contribution in [-0.4, -0.2) is 17.1 Å². The van der Waals surface area contributed by atoms with E-state index in [2.05, 4.69) is 4.98 Å². The number of fused-ring (bicyclic) bond motifs is 1. The second-order valence-electron chi connectivity index (χ2n) is 3.84. The summed E-state index contributed by atoms with van der Waals surface area (Å²) in [5, 5.41) is 9.44. The minimum atomic E-state index is -0.687. The van der Waals surface area contributed by atoms with Crippen LogP contribution in [0.1, 0.15) is 18.4 Å². The van der Waals surface area contributed by atoms with Crippen LogP contribution in [0.3, 0.4) is 0 Å². The molecule has 5 heteroatoms. The molecule has 0 N–H and O–H groups in total. The Bertz CT molecular complexity index is 567. The van der Waals surface area contributed by atoms with Gasteiger partial charge in [-0.15, -0.1) is 11.3 Å². The molecule has 0 radical (unpaired) electrons. The van der Waals surface area contributed by atoms with E-state index < -0.39 is 6.10 Å². The summed E-state index contributed by atoms with van der Waals surface area (Å²) >= 11 is 1.58. The van der Waals surface area contributed by atoms with E-state index in [4.69, 9.17) is 10.00 Å². The van der Waals surface area contributed by atoms with E-state index in [1.54, 1.807) is 18.3 Å². The molecule has 92 valence electrons. The van der Waals surface area contributed by atoms with Crippen molar-refractivity contribution in [3.05, 3.63) is 29.3 Å². The Morgan fingerprint density at radius 1 is 1.56 bits per heavy atom. The molecular formula is C13H12N2O2S. The third kappa shape index (κ3) is 3.05. The van der Waals surface area contributed by atoms with E-state index >= 15 is 0 Å². The van der Waals surface area contributed by atoms with Crippen LogP contribution < -0.4 is 0 Å². The van der Waals surface area contributed by atoms with E-state index in [0.717, 1.165) is 15.2 Å². The summed E-state index contributed by atoms with van der Waals surface area (Å²) in [5.74, 6) is -0.358. The number of benzene rings is 1. The van der Waals surface area contributed by atoms with Gasteiger partial charge in [0.25, 0.3) is 0 Å². The number of nitriles is 1. The van der Waals surface area contributed by atoms with Crippen molar-refractivity contribution in [2.45, 2.75) is 25.9 Å². The van der Waals surface area contributed by atoms with Crippen molar-refractivity contribution in [1.29, 1.82) is 5.26 Å². The van der Waals surface area contributed by atoms with E-state index in [1.165, 1.54) is 0 Å². The first-order chi connectivity index (χ1) is 8.69. The Labute approximate surface area is 109 Å². The molecule has 0 fully saturated rings. The first-order valence-corrected chi connectivity index (χ1v) is 6.44. The largest absolute Gasteiger partial charge is 0.447 e. The Kier molecular flexibility index (Phi) is 3.90. The van der Waals surface area contributed by atoms with Gasteiger partial charge >= 0.3 is 5.97 Å². The molecular weight excluding hydrogens is 248 g/mol. The molecule has 0 aliphatic carbocycles. The average molecular weight is 260 g/mol. The molecule has 0 aliphatic heterocycles. The zero-order chi connectivity index (χ0) is 13.0. The van der Waals surface area contributed by atoms with Crippen LogP contribution in [0, 0.1) is 11.3 Å². The van der Waals surface area contributed by atoms with Crippen molar-refractivity contribution in [3.8, 4) is 6.07 Å². The number of carbonyl (C=O) groups excluding carboxylic acids is 1. The summed E-state index contributed by atoms with van der Waals surface area (Å²) in [6, 6.07) is 9.72. The van der Waals surface area contributed by atoms with Gasteiger partial charge in [0.1, 0.15) is 6.07 Å². The maximum absolute atomic E-state index is 11.4. The molecule has 2 aromatic rings. The molecule has 0 spiro atoms. The summed E-state index contributed by atoms with van der Waals surface area (Å²) in [4.78, 5) is 15.8. The van der Waals surface area contributed by atoms with Gasteiger partial charge in [-0.2, -0.15) is 5.26 Å². The van der Waals surface area contributed by atoms with Crippen LogP contribution in [0.15, 0.2) is 24.3 Å². The normalized spacial score (nSPS) is 12.0. The Morgan fingerprint density at radius 2 is 2.33 bits per heavy atom. The first-order valence-electron chi connectivity index (χ1n) is 5.62. The lowest BCUT2D eigenvalue weighted by Gasteiger charge is -2.04. The second-order valence-corrected chi connectivity index (χ2v) is 4.95. The lowest BCUT2D eigenvalue weighted by Crippen LogP contribution is -2.13. The Hall–Kier alpha value is -1.93. The fourth-order valence-electron chi connectivity index (χ4n) is 1.52. The van der Waals surface area contributed by atoms with E-state index in [0.29, 0.717) is 6.42 Å². The van der Waals surface area contributed by atoms with Gasteiger partial charge in [0.15, 0.2) is 6.10 Å². The Balaban J connectivity index is 1.94. The highest BCUT2D eigenvalue weighted by atomic mass is 32.1. The molecule has 0 amide bonds. The van der Waals surface area contributed by atoms with E-state index in [9.17, 15) is 4.79 Å². The third-order valence-corrected chi connectivity index (χ3v) is 3.47. The molecule has 0 unspecified atom stereocenters. The summed E-state index contributed by atoms with van der Waals surface area (Å²) < 4.78 is 5.99. The molecule has 0 aliphatic rings. The number of hydrogen-bond donors (Lipinski definition) is 0. The molecule has 1 heterocycles. The standard InChI is InChI=1S/C13H12N2O2S/c1-9(8-14)17-13(16)7-6-12-15-10-4-2-3-5-11(10)18-12/h2-5,9H,6-7H2,1H3/t9-/m0/s1. The summed E-state index contributed by atoms with van der Waals surface area (Å²) in [6.07, 6.45) is 0.121. The third-order valence-electron chi connectivity index (χ3n) is 2.37. The molecule has 4 nitrogen and oxygen atoms in total. The molecule has 0 saturated heterocycles. The van der Waals surface area contributed by atoms with Gasteiger partial charge in [0.2, 0.25) is 0 Å². The highest BCUT2D eigenvalue weighted by Crippen LogP contribution is 2.22. The number of rotatable bonds is 4. The predicted octanol–water partition coefficient (Wildman–Crippen LogP) is 2.68. The van der Waals surface area contributed by atoms with Gasteiger partial charge in [-0.05, 0) is 19.1 Å². The summed E-state index contributed by atoms with van der Waals surface area (Å²) in [7, 11) is 0. The van der Waals surface area contributed by atoms with Crippen LogP contribution in [0.5, 0.6) is 0 Å². The van der Waals surface area contributed by atoms with Crippen molar-refractivity contribution >= 4 is 27.5 Å². The lowest BCUT2D eigenvalue weighted by molar-refractivity contribution is -0.145. The Morgan fingerprint density at radius 3 is 3.06 bits per heavy atom. The second kappa shape index (κ2) is 5.61. The summed E-state index contributed by atoms with van der Waals surface area (Å²) in [5.41, 5.74) is 0.955. The van der Waals surface area contributed by atoms with Crippen molar-refractivity contribution < 1.29 is 9.53 Å². The van der Waals surface area contributed by atoms with Crippen LogP contribution in [0.2, 0.25) is 0 Å². The van der Waals surface area contributed by atoms with Crippen molar-refractivity contribution in [2.75, 3.05) is 0 Å². The highest BCUT2D eigenvalue weighted by molar-refractivity contribution is 7.18. The van der Waals surface area contributed by atoms with Gasteiger partial charge in [-0.25, -0.2) is 4.98 Å². The quantitative estimate of drug-likeness (QED) is 0.793. The van der Waals surface area contributed by atoms with Gasteiger partial charge in [-0.3, -0.25) is 4.79 Å². The predicted molar refractivity (Wildman–Crippen MR) is 69.1 cm³/mol. The SMILES string of the molecule is C[C@@H](C#N)OC(=O)CCc1nc2ccccc2s1. The summed E-state index contributed by atoms with van der Waals surface area (Å²) in [6.45, 7) is 1.55. The number of aryl methyl sites for hydroxylation is 1. The first kappa shape index (κ1) is 12.5. The van der Waals surface area contributed by atoms with Crippen molar-refractivity contribution in [2.24, 2.45) is 0 Å². The van der Waals surface area contributed by atoms with Crippen LogP contribution in [0.25, 0.3) is 10.2 Å². The number of esters is 1. The van der Waals surface area contributed by atoms with Gasteiger partial charge < -0.3 is 4.74 Å². The minimum Gasteiger partial charge on any atom is -0.447 e. The zero-order valence-corrected chi connectivity index (χ0v) is 10.7. The highest BCUT2D eigenvalue weighted by Gasteiger charge is 2.10. The number of aromatic nitrogens is 1. The monoisotopic (exact) mass is 260 g/mol. The fourth-order valence-corrected chi connectivity index (χ4v) is 2.49. The lowest BCUT2D eigenvalue weighted by atomic mass is 10.3. The number of hydrogen-bond acceptors (Lipinski definition) is 5. The maximum Gasteiger partial charge on any atom is 0.307 e. The topological polar surface area (TPSA) is 63.0 Å². The molecule has 0 bridgehead atoms. The number of para-hydroxylation sites is 1. The van der Waals surface area contributed by atoms with Gasteiger partial charge in [0.05, 0.1) is 21.6 Å². The number of ether oxygens (including phenoxy) is 1. The zero-order valence-electron chi connectivity index (χ0n) is 9.92. The number of nitrogens with zero attached hydrogens (tertiary/aromatic N) is 2. The van der Waals surface area contributed by atoms with Gasteiger partial charge in [0, 0.05) is 6.42 Å². The van der Waals surface area contributed by atoms with E-state index in [1.807, 2.05) is 30.3 Å². The molecule has 1 atom stereocenters. The molecule has 1 aromatic heterocycles. The van der Waals surface area contributed by atoms with E-state index in [-0.39, 0.29) is 12.4 Å². The van der Waals surface area contributed by atoms with Gasteiger partial charge in [-0.1, -0.05) is 12.1 Å². The smallest absolute Gasteiger partial charge is 0.307 e. The van der Waals surface area contributed by atoms with Crippen molar-refractivity contribution in [3.63, 3.8) is 0 Å². The molecule has 1 aromatic carbocycles. The maximum atomic E-state index is 11.4. The molecule has 18 heavy (non-hydrogen) atoms. The molecule has 2 rings (SSSR count). The number of thiazole rings is 1. The fraction of sp³-hybridized carbons (Fsp3) is 0.308. The van der Waals surface area contributed by atoms with Crippen LogP contribution >= 0.6 is 11.3 Å². The average Bonchev–Trinajstić information content (AvgIpc) is 2.79. The van der Waals surface area contributed by atoms with Crippen LogP contribution in [-0.2, 0) is 16.0 Å². The molecule has 0 saturated carbocycles. The van der Waals surface area contributed by atoms with Crippen LogP contribution in [0.4, 0.5) is 0 Å². The minimum absolute atomic E-state index is 0.256. The number of carbonyl (C=O) groups is 1.